The lowest BCUT2D eigenvalue weighted by Gasteiger charge is -2.31. The van der Waals surface area contributed by atoms with Crippen LogP contribution in [0.4, 0.5) is 5.69 Å². The van der Waals surface area contributed by atoms with E-state index in [1.54, 1.807) is 11.8 Å². The highest BCUT2D eigenvalue weighted by atomic mass is 32.2. The minimum Gasteiger partial charge on any atom is -0.371 e. The summed E-state index contributed by atoms with van der Waals surface area (Å²) in [4.78, 5) is 15.8. The van der Waals surface area contributed by atoms with E-state index in [0.717, 1.165) is 31.0 Å². The largest absolute Gasteiger partial charge is 0.371 e. The van der Waals surface area contributed by atoms with Crippen LogP contribution < -0.4 is 10.2 Å². The second kappa shape index (κ2) is 8.95. The van der Waals surface area contributed by atoms with Crippen molar-refractivity contribution in [2.45, 2.75) is 36.3 Å². The summed E-state index contributed by atoms with van der Waals surface area (Å²) in [5, 5.41) is 3.01. The van der Waals surface area contributed by atoms with Crippen LogP contribution in [-0.4, -0.2) is 30.8 Å². The average Bonchev–Trinajstić information content (AvgIpc) is 2.66. The zero-order chi connectivity index (χ0) is 17.5. The maximum atomic E-state index is 12.3. The molecule has 0 saturated carbocycles. The summed E-state index contributed by atoms with van der Waals surface area (Å²) in [6, 6.07) is 18.8. The summed E-state index contributed by atoms with van der Waals surface area (Å²) in [6.45, 7) is 4.81. The molecule has 4 heteroatoms. The normalized spacial score (nSPS) is 14.7. The number of anilines is 1. The number of benzene rings is 2. The molecule has 2 aromatic carbocycles. The molecule has 1 atom stereocenters. The minimum absolute atomic E-state index is 0.0712. The Morgan fingerprint density at radius 1 is 1.16 bits per heavy atom. The highest BCUT2D eigenvalue weighted by Gasteiger charge is 2.16. The lowest BCUT2D eigenvalue weighted by atomic mass is 10.0. The quantitative estimate of drug-likeness (QED) is 0.599. The second-order valence-electron chi connectivity index (χ2n) is 6.44. The van der Waals surface area contributed by atoms with Gasteiger partial charge < -0.3 is 10.2 Å². The van der Waals surface area contributed by atoms with Crippen molar-refractivity contribution < 1.29 is 4.79 Å². The Labute approximate surface area is 154 Å². The fourth-order valence-electron chi connectivity index (χ4n) is 3.23. The number of hydrogen-bond acceptors (Lipinski definition) is 3. The van der Waals surface area contributed by atoms with Crippen LogP contribution in [-0.2, 0) is 11.2 Å². The van der Waals surface area contributed by atoms with Crippen molar-refractivity contribution in [1.82, 2.24) is 5.32 Å². The van der Waals surface area contributed by atoms with Crippen LogP contribution in [0.15, 0.2) is 59.5 Å². The summed E-state index contributed by atoms with van der Waals surface area (Å²) in [6.07, 6.45) is 3.37. The SMILES string of the molecule is C[C@H](Sc1ccccc1)C(=O)NCCCN1CCCc2ccccc21. The van der Waals surface area contributed by atoms with E-state index in [-0.39, 0.29) is 11.2 Å². The van der Waals surface area contributed by atoms with Crippen LogP contribution in [0.25, 0.3) is 0 Å². The lowest BCUT2D eigenvalue weighted by molar-refractivity contribution is -0.120. The summed E-state index contributed by atoms with van der Waals surface area (Å²) < 4.78 is 0. The number of nitrogens with zero attached hydrogens (tertiary/aromatic N) is 1. The first kappa shape index (κ1) is 17.9. The fourth-order valence-corrected chi connectivity index (χ4v) is 4.14. The van der Waals surface area contributed by atoms with E-state index >= 15 is 0 Å². The molecule has 3 rings (SSSR count). The fraction of sp³-hybridized carbons (Fsp3) is 0.381. The number of carbonyl (C=O) groups excluding carboxylic acids is 1. The molecule has 0 spiro atoms. The van der Waals surface area contributed by atoms with Crippen LogP contribution in [0.1, 0.15) is 25.3 Å². The van der Waals surface area contributed by atoms with E-state index in [2.05, 4.69) is 34.5 Å². The molecule has 1 N–H and O–H groups in total. The first-order valence-corrected chi connectivity index (χ1v) is 9.94. The predicted molar refractivity (Wildman–Crippen MR) is 106 cm³/mol. The molecule has 3 nitrogen and oxygen atoms in total. The topological polar surface area (TPSA) is 32.3 Å². The number of nitrogens with one attached hydrogen (secondary N) is 1. The lowest BCUT2D eigenvalue weighted by Crippen LogP contribution is -2.35. The van der Waals surface area contributed by atoms with Gasteiger partial charge in [-0.1, -0.05) is 36.4 Å². The maximum Gasteiger partial charge on any atom is 0.233 e. The molecule has 0 fully saturated rings. The third-order valence-electron chi connectivity index (χ3n) is 4.54. The van der Waals surface area contributed by atoms with E-state index in [9.17, 15) is 4.79 Å². The third-order valence-corrected chi connectivity index (χ3v) is 5.65. The molecule has 0 aliphatic carbocycles. The van der Waals surface area contributed by atoms with E-state index in [1.165, 1.54) is 24.1 Å². The second-order valence-corrected chi connectivity index (χ2v) is 7.85. The summed E-state index contributed by atoms with van der Waals surface area (Å²) in [7, 11) is 0. The van der Waals surface area contributed by atoms with Crippen LogP contribution in [0, 0.1) is 0 Å². The molecule has 132 valence electrons. The summed E-state index contributed by atoms with van der Waals surface area (Å²) >= 11 is 1.61. The van der Waals surface area contributed by atoms with Crippen molar-refractivity contribution >= 4 is 23.4 Å². The van der Waals surface area contributed by atoms with Crippen LogP contribution >= 0.6 is 11.8 Å². The van der Waals surface area contributed by atoms with Gasteiger partial charge in [-0.3, -0.25) is 4.79 Å². The van der Waals surface area contributed by atoms with E-state index in [1.807, 2.05) is 37.3 Å². The molecular formula is C21H26N2OS. The van der Waals surface area contributed by atoms with E-state index < -0.39 is 0 Å². The first-order chi connectivity index (χ1) is 12.2. The molecule has 0 saturated heterocycles. The van der Waals surface area contributed by atoms with Gasteiger partial charge in [0.05, 0.1) is 5.25 Å². The Morgan fingerprint density at radius 3 is 2.76 bits per heavy atom. The molecule has 0 unspecified atom stereocenters. The van der Waals surface area contributed by atoms with Crippen molar-refractivity contribution in [3.8, 4) is 0 Å². The standard InChI is InChI=1S/C21H26N2OS/c1-17(25-19-11-3-2-4-12-19)21(24)22-14-8-16-23-15-7-10-18-9-5-6-13-20(18)23/h2-6,9,11-13,17H,7-8,10,14-16H2,1H3,(H,22,24)/t17-/m0/s1. The van der Waals surface area contributed by atoms with Gasteiger partial charge in [-0.05, 0) is 49.9 Å². The minimum atomic E-state index is -0.0712. The molecule has 1 aliphatic rings. The van der Waals surface area contributed by atoms with Crippen LogP contribution in [0.5, 0.6) is 0 Å². The summed E-state index contributed by atoms with van der Waals surface area (Å²) in [5.74, 6) is 0.118. The van der Waals surface area contributed by atoms with Crippen molar-refractivity contribution in [3.05, 3.63) is 60.2 Å². The van der Waals surface area contributed by atoms with E-state index in [4.69, 9.17) is 0 Å². The first-order valence-electron chi connectivity index (χ1n) is 9.06. The van der Waals surface area contributed by atoms with Gasteiger partial charge in [0.1, 0.15) is 0 Å². The zero-order valence-electron chi connectivity index (χ0n) is 14.8. The monoisotopic (exact) mass is 354 g/mol. The molecule has 0 radical (unpaired) electrons. The zero-order valence-corrected chi connectivity index (χ0v) is 15.6. The van der Waals surface area contributed by atoms with Gasteiger partial charge in [0.2, 0.25) is 5.91 Å². The van der Waals surface area contributed by atoms with Gasteiger partial charge in [-0.2, -0.15) is 0 Å². The number of aryl methyl sites for hydroxylation is 1. The van der Waals surface area contributed by atoms with Crippen LogP contribution in [0.3, 0.4) is 0 Å². The average molecular weight is 355 g/mol. The molecule has 25 heavy (non-hydrogen) atoms. The summed E-state index contributed by atoms with van der Waals surface area (Å²) in [5.41, 5.74) is 2.82. The van der Waals surface area contributed by atoms with Gasteiger partial charge in [0.15, 0.2) is 0 Å². The van der Waals surface area contributed by atoms with Gasteiger partial charge >= 0.3 is 0 Å². The van der Waals surface area contributed by atoms with Gasteiger partial charge in [-0.15, -0.1) is 11.8 Å². The number of hydrogen-bond donors (Lipinski definition) is 1. The molecule has 0 bridgehead atoms. The highest BCUT2D eigenvalue weighted by Crippen LogP contribution is 2.26. The van der Waals surface area contributed by atoms with Crippen molar-refractivity contribution in [3.63, 3.8) is 0 Å². The molecule has 1 heterocycles. The number of rotatable bonds is 7. The Hall–Kier alpha value is -1.94. The predicted octanol–water partition coefficient (Wildman–Crippen LogP) is 4.13. The molecular weight excluding hydrogens is 328 g/mol. The number of fused-ring (bicyclic) bond motifs is 1. The van der Waals surface area contributed by atoms with Gasteiger partial charge in [0, 0.05) is 30.2 Å². The van der Waals surface area contributed by atoms with Crippen molar-refractivity contribution in [2.24, 2.45) is 0 Å². The Bertz CT molecular complexity index is 689. The highest BCUT2D eigenvalue weighted by molar-refractivity contribution is 8.00. The maximum absolute atomic E-state index is 12.3. The Kier molecular flexibility index (Phi) is 6.40. The number of carbonyl (C=O) groups is 1. The molecule has 0 aromatic heterocycles. The number of thioether (sulfide) groups is 1. The van der Waals surface area contributed by atoms with Gasteiger partial charge in [-0.25, -0.2) is 0 Å². The smallest absolute Gasteiger partial charge is 0.233 e. The Balaban J connectivity index is 1.41. The number of amides is 1. The molecule has 1 aliphatic heterocycles. The Morgan fingerprint density at radius 2 is 1.92 bits per heavy atom. The third kappa shape index (κ3) is 5.02. The van der Waals surface area contributed by atoms with Crippen molar-refractivity contribution in [2.75, 3.05) is 24.5 Å². The van der Waals surface area contributed by atoms with E-state index in [0.29, 0.717) is 0 Å². The molecule has 1 amide bonds. The van der Waals surface area contributed by atoms with Crippen molar-refractivity contribution in [1.29, 1.82) is 0 Å². The number of para-hydroxylation sites is 1. The van der Waals surface area contributed by atoms with Crippen LogP contribution in [0.2, 0.25) is 0 Å². The molecule has 2 aromatic rings. The van der Waals surface area contributed by atoms with Gasteiger partial charge in [0.25, 0.3) is 0 Å².